The van der Waals surface area contributed by atoms with Crippen molar-refractivity contribution in [2.45, 2.75) is 30.1 Å². The molecule has 0 aliphatic heterocycles. The molecule has 4 heteroatoms. The summed E-state index contributed by atoms with van der Waals surface area (Å²) in [5.74, 6) is 0.728. The molecular formula is C14H14ClIN2. The molecule has 0 unspecified atom stereocenters. The van der Waals surface area contributed by atoms with Gasteiger partial charge < -0.3 is 0 Å². The summed E-state index contributed by atoms with van der Waals surface area (Å²) in [6.07, 6.45) is 4.63. The van der Waals surface area contributed by atoms with E-state index in [0.717, 1.165) is 21.1 Å². The molecule has 1 aromatic carbocycles. The van der Waals surface area contributed by atoms with Gasteiger partial charge in [0.05, 0.1) is 22.6 Å². The number of alkyl halides is 1. The number of hydrogen-bond donors (Lipinski definition) is 0. The van der Waals surface area contributed by atoms with Gasteiger partial charge in [-0.3, -0.25) is 0 Å². The zero-order valence-corrected chi connectivity index (χ0v) is 13.1. The van der Waals surface area contributed by atoms with Gasteiger partial charge in [-0.15, -0.1) is 0 Å². The number of nitrogens with zero attached hydrogens (tertiary/aromatic N) is 2. The lowest BCUT2D eigenvalue weighted by molar-refractivity contribution is 0.835. The van der Waals surface area contributed by atoms with E-state index in [9.17, 15) is 0 Å². The number of hydrogen-bond acceptors (Lipinski definition) is 1. The van der Waals surface area contributed by atoms with Crippen LogP contribution in [-0.2, 0) is 4.43 Å². The fraction of sp³-hybridized carbons (Fsp3) is 0.357. The quantitative estimate of drug-likeness (QED) is 0.566. The predicted molar refractivity (Wildman–Crippen MR) is 83.0 cm³/mol. The van der Waals surface area contributed by atoms with Crippen LogP contribution in [0.25, 0.3) is 5.69 Å². The zero-order valence-electron chi connectivity index (χ0n) is 10.2. The maximum atomic E-state index is 6.33. The van der Waals surface area contributed by atoms with Crippen LogP contribution in [0.1, 0.15) is 35.6 Å². The van der Waals surface area contributed by atoms with E-state index in [1.807, 2.05) is 23.0 Å². The van der Waals surface area contributed by atoms with Gasteiger partial charge in [-0.05, 0) is 42.9 Å². The second kappa shape index (κ2) is 4.85. The SMILES string of the molecule is Cc1cccc(Cl)c1-n1ncc(C2CC2)c1CI. The van der Waals surface area contributed by atoms with Gasteiger partial charge in [0, 0.05) is 4.43 Å². The van der Waals surface area contributed by atoms with E-state index in [1.165, 1.54) is 29.7 Å². The minimum Gasteiger partial charge on any atom is -0.235 e. The van der Waals surface area contributed by atoms with Gasteiger partial charge in [0.2, 0.25) is 0 Å². The van der Waals surface area contributed by atoms with Crippen LogP contribution < -0.4 is 0 Å². The second-order valence-corrected chi connectivity index (χ2v) is 5.94. The summed E-state index contributed by atoms with van der Waals surface area (Å²) in [6, 6.07) is 5.99. The van der Waals surface area contributed by atoms with E-state index in [-0.39, 0.29) is 0 Å². The molecule has 1 saturated carbocycles. The fourth-order valence-corrected chi connectivity index (χ4v) is 3.40. The molecule has 2 aromatic rings. The van der Waals surface area contributed by atoms with Crippen molar-refractivity contribution >= 4 is 34.2 Å². The summed E-state index contributed by atoms with van der Waals surface area (Å²) >= 11 is 8.74. The van der Waals surface area contributed by atoms with Crippen LogP contribution >= 0.6 is 34.2 Å². The molecule has 2 nitrogen and oxygen atoms in total. The van der Waals surface area contributed by atoms with E-state index in [0.29, 0.717) is 0 Å². The average Bonchev–Trinajstić information content (AvgIpc) is 3.10. The molecule has 0 radical (unpaired) electrons. The van der Waals surface area contributed by atoms with Crippen LogP contribution in [0.4, 0.5) is 0 Å². The first kappa shape index (κ1) is 12.5. The lowest BCUT2D eigenvalue weighted by atomic mass is 10.1. The summed E-state index contributed by atoms with van der Waals surface area (Å²) in [6.45, 7) is 2.08. The molecule has 18 heavy (non-hydrogen) atoms. The molecule has 0 amide bonds. The van der Waals surface area contributed by atoms with Crippen molar-refractivity contribution in [1.82, 2.24) is 9.78 Å². The highest BCUT2D eigenvalue weighted by atomic mass is 127. The molecule has 0 bridgehead atoms. The first-order valence-corrected chi connectivity index (χ1v) is 8.01. The monoisotopic (exact) mass is 372 g/mol. The van der Waals surface area contributed by atoms with Crippen LogP contribution in [0.3, 0.4) is 0 Å². The second-order valence-electron chi connectivity index (χ2n) is 4.77. The maximum absolute atomic E-state index is 6.33. The lowest BCUT2D eigenvalue weighted by Gasteiger charge is -2.11. The van der Waals surface area contributed by atoms with Crippen molar-refractivity contribution in [3.63, 3.8) is 0 Å². The first-order chi connectivity index (χ1) is 8.72. The molecule has 0 atom stereocenters. The lowest BCUT2D eigenvalue weighted by Crippen LogP contribution is -2.04. The Morgan fingerprint density at radius 3 is 2.83 bits per heavy atom. The molecule has 1 aliphatic rings. The van der Waals surface area contributed by atoms with E-state index < -0.39 is 0 Å². The molecule has 0 spiro atoms. The Bertz CT molecular complexity index is 567. The van der Waals surface area contributed by atoms with Gasteiger partial charge >= 0.3 is 0 Å². The van der Waals surface area contributed by atoms with Crippen molar-refractivity contribution in [1.29, 1.82) is 0 Å². The third-order valence-electron chi connectivity index (χ3n) is 3.45. The van der Waals surface area contributed by atoms with Crippen molar-refractivity contribution < 1.29 is 0 Å². The van der Waals surface area contributed by atoms with Crippen molar-refractivity contribution in [2.75, 3.05) is 0 Å². The Morgan fingerprint density at radius 1 is 1.44 bits per heavy atom. The Morgan fingerprint density at radius 2 is 2.22 bits per heavy atom. The Hall–Kier alpha value is -0.550. The molecule has 1 heterocycles. The van der Waals surface area contributed by atoms with Crippen LogP contribution in [-0.4, -0.2) is 9.78 Å². The minimum absolute atomic E-state index is 0.728. The van der Waals surface area contributed by atoms with Gasteiger partial charge in [-0.2, -0.15) is 5.10 Å². The topological polar surface area (TPSA) is 17.8 Å². The highest BCUT2D eigenvalue weighted by molar-refractivity contribution is 14.1. The molecule has 3 rings (SSSR count). The predicted octanol–water partition coefficient (Wildman–Crippen LogP) is 4.65. The van der Waals surface area contributed by atoms with Crippen LogP contribution in [0.15, 0.2) is 24.4 Å². The largest absolute Gasteiger partial charge is 0.235 e. The van der Waals surface area contributed by atoms with Crippen molar-refractivity contribution in [3.8, 4) is 5.69 Å². The first-order valence-electron chi connectivity index (χ1n) is 6.10. The standard InChI is InChI=1S/C14H14ClIN2/c1-9-3-2-4-12(15)14(9)18-13(7-16)11(8-17-18)10-5-6-10/h2-4,8,10H,5-7H2,1H3. The molecule has 0 saturated heterocycles. The number of para-hydroxylation sites is 1. The van der Waals surface area contributed by atoms with Crippen LogP contribution in [0, 0.1) is 6.92 Å². The van der Waals surface area contributed by atoms with E-state index >= 15 is 0 Å². The molecule has 1 fully saturated rings. The minimum atomic E-state index is 0.728. The van der Waals surface area contributed by atoms with Gasteiger partial charge in [0.25, 0.3) is 0 Å². The molecule has 94 valence electrons. The Labute approximate surface area is 125 Å². The summed E-state index contributed by atoms with van der Waals surface area (Å²) in [5.41, 5.74) is 4.90. The van der Waals surface area contributed by atoms with Gasteiger partial charge in [0.1, 0.15) is 0 Å². The van der Waals surface area contributed by atoms with Crippen LogP contribution in [0.5, 0.6) is 0 Å². The molecular weight excluding hydrogens is 359 g/mol. The number of rotatable bonds is 3. The summed E-state index contributed by atoms with van der Waals surface area (Å²) in [4.78, 5) is 0. The maximum Gasteiger partial charge on any atom is 0.0864 e. The van der Waals surface area contributed by atoms with Gasteiger partial charge in [-0.25, -0.2) is 4.68 Å². The summed E-state index contributed by atoms with van der Waals surface area (Å²) in [7, 11) is 0. The summed E-state index contributed by atoms with van der Waals surface area (Å²) in [5, 5.41) is 5.34. The number of aryl methyl sites for hydroxylation is 1. The highest BCUT2D eigenvalue weighted by Gasteiger charge is 2.29. The fourth-order valence-electron chi connectivity index (χ4n) is 2.34. The number of aromatic nitrogens is 2. The van der Waals surface area contributed by atoms with Crippen molar-refractivity contribution in [2.24, 2.45) is 0 Å². The van der Waals surface area contributed by atoms with Crippen LogP contribution in [0.2, 0.25) is 5.02 Å². The number of halogens is 2. The van der Waals surface area contributed by atoms with Gasteiger partial charge in [0.15, 0.2) is 0 Å². The normalized spacial score (nSPS) is 15.1. The molecule has 1 aromatic heterocycles. The third-order valence-corrected chi connectivity index (χ3v) is 4.47. The number of benzene rings is 1. The van der Waals surface area contributed by atoms with Crippen molar-refractivity contribution in [3.05, 3.63) is 46.2 Å². The third kappa shape index (κ3) is 2.07. The zero-order chi connectivity index (χ0) is 12.7. The Balaban J connectivity index is 2.16. The molecule has 0 N–H and O–H groups in total. The van der Waals surface area contributed by atoms with E-state index in [1.54, 1.807) is 0 Å². The smallest absolute Gasteiger partial charge is 0.0864 e. The Kier molecular flexibility index (Phi) is 3.36. The van der Waals surface area contributed by atoms with E-state index in [2.05, 4.69) is 40.7 Å². The molecule has 1 aliphatic carbocycles. The average molecular weight is 373 g/mol. The van der Waals surface area contributed by atoms with Gasteiger partial charge in [-0.1, -0.05) is 46.3 Å². The highest BCUT2D eigenvalue weighted by Crippen LogP contribution is 2.43. The summed E-state index contributed by atoms with van der Waals surface area (Å²) < 4.78 is 2.99. The van der Waals surface area contributed by atoms with E-state index in [4.69, 9.17) is 11.6 Å².